The van der Waals surface area contributed by atoms with Crippen LogP contribution in [0.3, 0.4) is 0 Å². The highest BCUT2D eigenvalue weighted by Crippen LogP contribution is 2.34. The summed E-state index contributed by atoms with van der Waals surface area (Å²) in [6.45, 7) is 0. The van der Waals surface area contributed by atoms with E-state index in [1.807, 2.05) is 6.07 Å². The molecular formula is C15H11Cl2N3O2S. The third-order valence-electron chi connectivity index (χ3n) is 3.13. The number of hydrogen-bond donors (Lipinski definition) is 2. The number of rotatable bonds is 3. The molecule has 3 aromatic rings. The Bertz CT molecular complexity index is 888. The first-order valence-electron chi connectivity index (χ1n) is 6.48. The first-order chi connectivity index (χ1) is 11.0. The van der Waals surface area contributed by atoms with Crippen molar-refractivity contribution in [3.05, 3.63) is 45.9 Å². The fourth-order valence-electron chi connectivity index (χ4n) is 2.11. The zero-order valence-electron chi connectivity index (χ0n) is 11.9. The second kappa shape index (κ2) is 6.23. The second-order valence-electron chi connectivity index (χ2n) is 4.66. The van der Waals surface area contributed by atoms with E-state index >= 15 is 0 Å². The molecule has 3 N–H and O–H groups in total. The van der Waals surface area contributed by atoms with E-state index in [1.165, 1.54) is 30.6 Å². The normalized spacial score (nSPS) is 10.7. The Hall–Kier alpha value is -2.02. The van der Waals surface area contributed by atoms with Crippen molar-refractivity contribution in [2.24, 2.45) is 0 Å². The number of nitrogens with zero attached hydrogens (tertiary/aromatic N) is 1. The summed E-state index contributed by atoms with van der Waals surface area (Å²) in [7, 11) is 1.46. The summed E-state index contributed by atoms with van der Waals surface area (Å²) in [5, 5.41) is 3.82. The fraction of sp³-hybridized carbons (Fsp3) is 0.0667. The summed E-state index contributed by atoms with van der Waals surface area (Å²) in [4.78, 5) is 16.5. The molecule has 1 heterocycles. The average molecular weight is 368 g/mol. The summed E-state index contributed by atoms with van der Waals surface area (Å²) >= 11 is 13.5. The predicted octanol–water partition coefficient (Wildman–Crippen LogP) is 4.45. The summed E-state index contributed by atoms with van der Waals surface area (Å²) in [5.74, 6) is 0.0136. The van der Waals surface area contributed by atoms with Crippen LogP contribution in [0.1, 0.15) is 10.4 Å². The van der Waals surface area contributed by atoms with Crippen molar-refractivity contribution in [1.82, 2.24) is 4.98 Å². The van der Waals surface area contributed by atoms with Crippen molar-refractivity contribution in [2.75, 3.05) is 18.2 Å². The molecule has 0 aliphatic rings. The van der Waals surface area contributed by atoms with E-state index in [1.54, 1.807) is 12.1 Å². The van der Waals surface area contributed by atoms with Gasteiger partial charge in [0, 0.05) is 11.3 Å². The number of anilines is 2. The van der Waals surface area contributed by atoms with Gasteiger partial charge < -0.3 is 15.8 Å². The lowest BCUT2D eigenvalue weighted by Crippen LogP contribution is -2.12. The Balaban J connectivity index is 1.88. The smallest absolute Gasteiger partial charge is 0.255 e. The molecule has 0 saturated heterocycles. The lowest BCUT2D eigenvalue weighted by atomic mass is 10.2. The lowest BCUT2D eigenvalue weighted by molar-refractivity contribution is 0.102. The summed E-state index contributed by atoms with van der Waals surface area (Å²) in [6, 6.07) is 8.38. The van der Waals surface area contributed by atoms with Gasteiger partial charge in [-0.3, -0.25) is 4.79 Å². The highest BCUT2D eigenvalue weighted by molar-refractivity contribution is 7.22. The number of nitrogens with two attached hydrogens (primary N) is 1. The van der Waals surface area contributed by atoms with Gasteiger partial charge in [0.15, 0.2) is 10.9 Å². The fourth-order valence-corrected chi connectivity index (χ4v) is 3.52. The molecule has 1 aromatic heterocycles. The number of benzene rings is 2. The molecule has 1 amide bonds. The molecule has 118 valence electrons. The van der Waals surface area contributed by atoms with Crippen LogP contribution in [-0.4, -0.2) is 18.0 Å². The van der Waals surface area contributed by atoms with Crippen molar-refractivity contribution in [3.8, 4) is 5.75 Å². The Kier molecular flexibility index (Phi) is 4.30. The highest BCUT2D eigenvalue weighted by Gasteiger charge is 2.14. The molecule has 8 heteroatoms. The number of hydrogen-bond acceptors (Lipinski definition) is 5. The molecule has 2 aromatic carbocycles. The van der Waals surface area contributed by atoms with E-state index in [-0.39, 0.29) is 16.0 Å². The predicted molar refractivity (Wildman–Crippen MR) is 95.0 cm³/mol. The maximum Gasteiger partial charge on any atom is 0.255 e. The van der Waals surface area contributed by atoms with Crippen LogP contribution in [-0.2, 0) is 0 Å². The summed E-state index contributed by atoms with van der Waals surface area (Å²) < 4.78 is 5.96. The minimum absolute atomic E-state index is 0.274. The van der Waals surface area contributed by atoms with Crippen LogP contribution in [0.15, 0.2) is 30.3 Å². The number of aromatic nitrogens is 1. The Morgan fingerprint density at radius 3 is 2.61 bits per heavy atom. The molecule has 0 fully saturated rings. The largest absolute Gasteiger partial charge is 0.494 e. The van der Waals surface area contributed by atoms with Gasteiger partial charge in [-0.2, -0.15) is 0 Å². The molecule has 0 aliphatic carbocycles. The second-order valence-corrected chi connectivity index (χ2v) is 6.54. The van der Waals surface area contributed by atoms with Crippen molar-refractivity contribution < 1.29 is 9.53 Å². The van der Waals surface area contributed by atoms with Gasteiger partial charge in [-0.05, 0) is 30.3 Å². The van der Waals surface area contributed by atoms with Crippen LogP contribution < -0.4 is 15.8 Å². The first kappa shape index (κ1) is 15.9. The van der Waals surface area contributed by atoms with Crippen LogP contribution in [0.25, 0.3) is 10.2 Å². The number of fused-ring (bicyclic) bond motifs is 1. The molecule has 23 heavy (non-hydrogen) atoms. The number of carbonyl (C=O) groups is 1. The average Bonchev–Trinajstić information content (AvgIpc) is 2.86. The van der Waals surface area contributed by atoms with Gasteiger partial charge in [0.05, 0.1) is 27.4 Å². The van der Waals surface area contributed by atoms with Crippen LogP contribution in [0, 0.1) is 0 Å². The van der Waals surface area contributed by atoms with Gasteiger partial charge in [0.2, 0.25) is 0 Å². The molecule has 0 saturated carbocycles. The van der Waals surface area contributed by atoms with Crippen molar-refractivity contribution in [2.45, 2.75) is 0 Å². The summed E-state index contributed by atoms with van der Waals surface area (Å²) in [6.07, 6.45) is 0. The molecular weight excluding hydrogens is 357 g/mol. The summed E-state index contributed by atoms with van der Waals surface area (Å²) in [5.41, 5.74) is 7.44. The van der Waals surface area contributed by atoms with Crippen LogP contribution in [0.5, 0.6) is 5.75 Å². The Labute approximate surface area is 146 Å². The van der Waals surface area contributed by atoms with Crippen LogP contribution in [0.2, 0.25) is 10.0 Å². The number of amides is 1. The molecule has 0 aliphatic heterocycles. The number of carbonyl (C=O) groups excluding carboxylic acids is 1. The molecule has 0 bridgehead atoms. The lowest BCUT2D eigenvalue weighted by Gasteiger charge is -2.09. The molecule has 0 atom stereocenters. The van der Waals surface area contributed by atoms with E-state index in [0.29, 0.717) is 22.1 Å². The SMILES string of the molecule is COc1c(Cl)cc(C(=O)Nc2ccc3nc(N)sc3c2)cc1Cl. The van der Waals surface area contributed by atoms with Crippen molar-refractivity contribution in [3.63, 3.8) is 0 Å². The maximum absolute atomic E-state index is 12.4. The molecule has 5 nitrogen and oxygen atoms in total. The van der Waals surface area contributed by atoms with Crippen molar-refractivity contribution >= 4 is 61.5 Å². The minimum Gasteiger partial charge on any atom is -0.494 e. The zero-order chi connectivity index (χ0) is 16.6. The molecule has 0 spiro atoms. The van der Waals surface area contributed by atoms with Gasteiger partial charge in [-0.1, -0.05) is 34.5 Å². The number of ether oxygens (including phenoxy) is 1. The maximum atomic E-state index is 12.4. The van der Waals surface area contributed by atoms with Crippen LogP contribution in [0.4, 0.5) is 10.8 Å². The third kappa shape index (κ3) is 3.19. The number of halogens is 2. The van der Waals surface area contributed by atoms with E-state index in [0.717, 1.165) is 10.2 Å². The zero-order valence-corrected chi connectivity index (χ0v) is 14.2. The molecule has 0 unspecified atom stereocenters. The Morgan fingerprint density at radius 2 is 1.96 bits per heavy atom. The first-order valence-corrected chi connectivity index (χ1v) is 8.05. The Morgan fingerprint density at radius 1 is 1.26 bits per heavy atom. The van der Waals surface area contributed by atoms with Crippen molar-refractivity contribution in [1.29, 1.82) is 0 Å². The topological polar surface area (TPSA) is 77.2 Å². The van der Waals surface area contributed by atoms with E-state index in [2.05, 4.69) is 10.3 Å². The highest BCUT2D eigenvalue weighted by atomic mass is 35.5. The monoisotopic (exact) mass is 367 g/mol. The number of nitrogen functional groups attached to an aromatic ring is 1. The van der Waals surface area contributed by atoms with E-state index in [4.69, 9.17) is 33.7 Å². The van der Waals surface area contributed by atoms with Gasteiger partial charge in [0.1, 0.15) is 0 Å². The van der Waals surface area contributed by atoms with Gasteiger partial charge in [-0.25, -0.2) is 4.98 Å². The minimum atomic E-state index is -0.326. The van der Waals surface area contributed by atoms with Gasteiger partial charge in [0.25, 0.3) is 5.91 Å². The standard InChI is InChI=1S/C15H11Cl2N3O2S/c1-22-13-9(16)4-7(5-10(13)17)14(21)19-8-2-3-11-12(6-8)23-15(18)20-11/h2-6H,1H3,(H2,18,20)(H,19,21). The number of thiazole rings is 1. The third-order valence-corrected chi connectivity index (χ3v) is 4.54. The molecule has 0 radical (unpaired) electrons. The van der Waals surface area contributed by atoms with Gasteiger partial charge in [-0.15, -0.1) is 0 Å². The molecule has 3 rings (SSSR count). The van der Waals surface area contributed by atoms with Gasteiger partial charge >= 0.3 is 0 Å². The number of methoxy groups -OCH3 is 1. The van der Waals surface area contributed by atoms with E-state index in [9.17, 15) is 4.79 Å². The quantitative estimate of drug-likeness (QED) is 0.716. The number of nitrogens with one attached hydrogen (secondary N) is 1. The van der Waals surface area contributed by atoms with E-state index < -0.39 is 0 Å². The van der Waals surface area contributed by atoms with Crippen LogP contribution >= 0.6 is 34.5 Å².